The van der Waals surface area contributed by atoms with Gasteiger partial charge in [-0.25, -0.2) is 0 Å². The Hall–Kier alpha value is -0.830. The maximum absolute atomic E-state index is 4.46. The molecule has 1 aromatic carbocycles. The van der Waals surface area contributed by atoms with Gasteiger partial charge in [-0.05, 0) is 47.5 Å². The quantitative estimate of drug-likeness (QED) is 0.747. The molecule has 3 heteroatoms. The van der Waals surface area contributed by atoms with Gasteiger partial charge in [0, 0.05) is 11.9 Å². The van der Waals surface area contributed by atoms with Gasteiger partial charge in [0.2, 0.25) is 0 Å². The first-order valence-electron chi connectivity index (χ1n) is 4.35. The molecule has 0 radical (unpaired) electrons. The van der Waals surface area contributed by atoms with E-state index >= 15 is 0 Å². The molecular weight excluding hydrogens is 228 g/mol. The van der Waals surface area contributed by atoms with Gasteiger partial charge in [-0.15, -0.1) is 0 Å². The molecule has 0 aliphatic heterocycles. The SMILES string of the molecule is CCn1nc2cc(C)ccc2c1Br. The van der Waals surface area contributed by atoms with Crippen LogP contribution in [-0.2, 0) is 6.54 Å². The number of rotatable bonds is 1. The molecule has 13 heavy (non-hydrogen) atoms. The Bertz CT molecular complexity index is 445. The van der Waals surface area contributed by atoms with Crippen LogP contribution in [0.15, 0.2) is 22.8 Å². The number of hydrogen-bond donors (Lipinski definition) is 0. The number of benzene rings is 1. The molecule has 0 fully saturated rings. The van der Waals surface area contributed by atoms with Crippen molar-refractivity contribution < 1.29 is 0 Å². The van der Waals surface area contributed by atoms with Crippen LogP contribution in [0, 0.1) is 6.92 Å². The monoisotopic (exact) mass is 238 g/mol. The zero-order valence-electron chi connectivity index (χ0n) is 7.71. The summed E-state index contributed by atoms with van der Waals surface area (Å²) < 4.78 is 3.04. The van der Waals surface area contributed by atoms with E-state index in [1.165, 1.54) is 10.9 Å². The van der Waals surface area contributed by atoms with Gasteiger partial charge in [0.1, 0.15) is 4.60 Å². The number of aromatic nitrogens is 2. The van der Waals surface area contributed by atoms with Gasteiger partial charge in [-0.2, -0.15) is 5.10 Å². The van der Waals surface area contributed by atoms with Crippen molar-refractivity contribution >= 4 is 26.8 Å². The highest BCUT2D eigenvalue weighted by molar-refractivity contribution is 9.10. The number of halogens is 1. The maximum Gasteiger partial charge on any atom is 0.111 e. The first-order valence-corrected chi connectivity index (χ1v) is 5.14. The van der Waals surface area contributed by atoms with E-state index in [-0.39, 0.29) is 0 Å². The van der Waals surface area contributed by atoms with Crippen molar-refractivity contribution in [2.24, 2.45) is 0 Å². The molecule has 0 aliphatic carbocycles. The Labute approximate surface area is 85.7 Å². The third kappa shape index (κ3) is 1.37. The van der Waals surface area contributed by atoms with Crippen molar-refractivity contribution in [2.75, 3.05) is 0 Å². The third-order valence-corrected chi connectivity index (χ3v) is 2.97. The first-order chi connectivity index (χ1) is 6.22. The van der Waals surface area contributed by atoms with Crippen LogP contribution < -0.4 is 0 Å². The van der Waals surface area contributed by atoms with Crippen molar-refractivity contribution in [1.29, 1.82) is 0 Å². The fourth-order valence-electron chi connectivity index (χ4n) is 1.42. The van der Waals surface area contributed by atoms with Gasteiger partial charge in [-0.1, -0.05) is 6.07 Å². The molecule has 2 rings (SSSR count). The minimum atomic E-state index is 0.897. The Morgan fingerprint density at radius 1 is 1.46 bits per heavy atom. The highest BCUT2D eigenvalue weighted by atomic mass is 79.9. The van der Waals surface area contributed by atoms with E-state index in [4.69, 9.17) is 0 Å². The van der Waals surface area contributed by atoms with Crippen LogP contribution in [0.5, 0.6) is 0 Å². The summed E-state index contributed by atoms with van der Waals surface area (Å²) in [7, 11) is 0. The second-order valence-corrected chi connectivity index (χ2v) is 3.88. The van der Waals surface area contributed by atoms with Gasteiger partial charge in [0.15, 0.2) is 0 Å². The molecule has 2 aromatic rings. The molecule has 0 atom stereocenters. The van der Waals surface area contributed by atoms with Crippen LogP contribution >= 0.6 is 15.9 Å². The van der Waals surface area contributed by atoms with E-state index in [0.717, 1.165) is 16.7 Å². The van der Waals surface area contributed by atoms with E-state index < -0.39 is 0 Å². The Morgan fingerprint density at radius 3 is 2.92 bits per heavy atom. The molecule has 68 valence electrons. The number of fused-ring (bicyclic) bond motifs is 1. The van der Waals surface area contributed by atoms with Crippen LogP contribution in [-0.4, -0.2) is 9.78 Å². The largest absolute Gasteiger partial charge is 0.258 e. The number of nitrogens with zero attached hydrogens (tertiary/aromatic N) is 2. The number of hydrogen-bond acceptors (Lipinski definition) is 1. The molecule has 0 amide bonds. The summed E-state index contributed by atoms with van der Waals surface area (Å²) >= 11 is 3.54. The highest BCUT2D eigenvalue weighted by Gasteiger charge is 2.06. The molecule has 0 aliphatic rings. The molecule has 0 saturated heterocycles. The van der Waals surface area contributed by atoms with Gasteiger partial charge in [0.25, 0.3) is 0 Å². The molecule has 2 nitrogen and oxygen atoms in total. The van der Waals surface area contributed by atoms with Crippen molar-refractivity contribution in [3.8, 4) is 0 Å². The lowest BCUT2D eigenvalue weighted by Crippen LogP contribution is -1.95. The van der Waals surface area contributed by atoms with E-state index in [0.29, 0.717) is 0 Å². The fraction of sp³-hybridized carbons (Fsp3) is 0.300. The van der Waals surface area contributed by atoms with Gasteiger partial charge >= 0.3 is 0 Å². The third-order valence-electron chi connectivity index (χ3n) is 2.13. The zero-order chi connectivity index (χ0) is 9.42. The lowest BCUT2D eigenvalue weighted by molar-refractivity contribution is 0.653. The minimum Gasteiger partial charge on any atom is -0.258 e. The van der Waals surface area contributed by atoms with Crippen LogP contribution in [0.1, 0.15) is 12.5 Å². The van der Waals surface area contributed by atoms with E-state index in [1.807, 2.05) is 4.68 Å². The van der Waals surface area contributed by atoms with E-state index in [2.05, 4.69) is 53.1 Å². The summed E-state index contributed by atoms with van der Waals surface area (Å²) in [4.78, 5) is 0. The summed E-state index contributed by atoms with van der Waals surface area (Å²) in [6.45, 7) is 5.07. The fourth-order valence-corrected chi connectivity index (χ4v) is 2.09. The maximum atomic E-state index is 4.46. The summed E-state index contributed by atoms with van der Waals surface area (Å²) in [5.41, 5.74) is 2.31. The molecule has 0 saturated carbocycles. The van der Waals surface area contributed by atoms with Crippen LogP contribution in [0.3, 0.4) is 0 Å². The van der Waals surface area contributed by atoms with Gasteiger partial charge in [0.05, 0.1) is 5.52 Å². The van der Waals surface area contributed by atoms with Crippen LogP contribution in [0.4, 0.5) is 0 Å². The smallest absolute Gasteiger partial charge is 0.111 e. The molecule has 0 bridgehead atoms. The van der Waals surface area contributed by atoms with Crippen LogP contribution in [0.25, 0.3) is 10.9 Å². The minimum absolute atomic E-state index is 0.897. The van der Waals surface area contributed by atoms with Crippen molar-refractivity contribution in [3.05, 3.63) is 28.4 Å². The van der Waals surface area contributed by atoms with Gasteiger partial charge < -0.3 is 0 Å². The molecule has 0 N–H and O–H groups in total. The summed E-state index contributed by atoms with van der Waals surface area (Å²) in [5, 5.41) is 5.65. The first kappa shape index (κ1) is 8.75. The topological polar surface area (TPSA) is 17.8 Å². The molecule has 0 unspecified atom stereocenters. The summed E-state index contributed by atoms with van der Waals surface area (Å²) in [6.07, 6.45) is 0. The number of aryl methyl sites for hydroxylation is 2. The Morgan fingerprint density at radius 2 is 2.23 bits per heavy atom. The standard InChI is InChI=1S/C10H11BrN2/c1-3-13-10(11)8-5-4-7(2)6-9(8)12-13/h4-6H,3H2,1-2H3. The molecule has 0 spiro atoms. The lowest BCUT2D eigenvalue weighted by Gasteiger charge is -1.94. The molecule has 1 aromatic heterocycles. The summed E-state index contributed by atoms with van der Waals surface area (Å²) in [5.74, 6) is 0. The van der Waals surface area contributed by atoms with Crippen molar-refractivity contribution in [1.82, 2.24) is 9.78 Å². The highest BCUT2D eigenvalue weighted by Crippen LogP contribution is 2.24. The second kappa shape index (κ2) is 3.14. The van der Waals surface area contributed by atoms with E-state index in [1.54, 1.807) is 0 Å². The van der Waals surface area contributed by atoms with Crippen LogP contribution in [0.2, 0.25) is 0 Å². The van der Waals surface area contributed by atoms with Gasteiger partial charge in [-0.3, -0.25) is 4.68 Å². The van der Waals surface area contributed by atoms with Crippen molar-refractivity contribution in [2.45, 2.75) is 20.4 Å². The average molecular weight is 239 g/mol. The Balaban J connectivity index is 2.76. The average Bonchev–Trinajstić information content (AvgIpc) is 2.42. The predicted molar refractivity (Wildman–Crippen MR) is 57.8 cm³/mol. The van der Waals surface area contributed by atoms with Crippen molar-refractivity contribution in [3.63, 3.8) is 0 Å². The van der Waals surface area contributed by atoms with E-state index in [9.17, 15) is 0 Å². The lowest BCUT2D eigenvalue weighted by atomic mass is 10.2. The predicted octanol–water partition coefficient (Wildman–Crippen LogP) is 3.13. The normalized spacial score (nSPS) is 11.0. The molecule has 1 heterocycles. The zero-order valence-corrected chi connectivity index (χ0v) is 9.30. The molecular formula is C10H11BrN2. The Kier molecular flexibility index (Phi) is 2.12. The second-order valence-electron chi connectivity index (χ2n) is 3.13. The summed E-state index contributed by atoms with van der Waals surface area (Å²) in [6, 6.07) is 6.31.